The second-order valence-electron chi connectivity index (χ2n) is 3.19. The van der Waals surface area contributed by atoms with Crippen molar-refractivity contribution in [3.8, 4) is 0 Å². The largest absolute Gasteiger partial charge is 0.352 e. The van der Waals surface area contributed by atoms with Crippen molar-refractivity contribution < 1.29 is 9.00 Å². The average molecular weight is 192 g/mol. The Morgan fingerprint density at radius 1 is 1.50 bits per heavy atom. The first-order valence-corrected chi connectivity index (χ1v) is 6.06. The number of carbonyl (C=O) groups is 1. The Morgan fingerprint density at radius 2 is 2.00 bits per heavy atom. The van der Waals surface area contributed by atoms with Crippen LogP contribution in [0.2, 0.25) is 0 Å². The van der Waals surface area contributed by atoms with E-state index < -0.39 is 9.73 Å². The molecule has 0 aliphatic heterocycles. The van der Waals surface area contributed by atoms with Crippen LogP contribution in [0, 0.1) is 0 Å². The van der Waals surface area contributed by atoms with E-state index in [1.807, 2.05) is 13.8 Å². The van der Waals surface area contributed by atoms with Crippen LogP contribution >= 0.6 is 0 Å². The summed E-state index contributed by atoms with van der Waals surface area (Å²) in [5.74, 6) is -0.179. The minimum atomic E-state index is -2.14. The van der Waals surface area contributed by atoms with Gasteiger partial charge >= 0.3 is 0 Å². The minimum absolute atomic E-state index is 0.00991. The third-order valence-electron chi connectivity index (χ3n) is 0.969. The van der Waals surface area contributed by atoms with Crippen LogP contribution in [0.15, 0.2) is 4.36 Å². The van der Waals surface area contributed by atoms with Gasteiger partial charge in [-0.2, -0.15) is 0 Å². The molecule has 0 aromatic carbocycles. The first-order chi connectivity index (χ1) is 5.31. The predicted molar refractivity (Wildman–Crippen MR) is 50.6 cm³/mol. The molecule has 0 radical (unpaired) electrons. The highest BCUT2D eigenvalue weighted by Gasteiger charge is 2.01. The standard InChI is InChI=1S/C7H16N2O2S/c1-6(2)9-7(10)5-8-12(3,4)11/h6H,5H2,1-4H3,(H,9,10). The summed E-state index contributed by atoms with van der Waals surface area (Å²) in [6.07, 6.45) is 3.02. The number of hydrogen-bond acceptors (Lipinski definition) is 3. The van der Waals surface area contributed by atoms with E-state index in [-0.39, 0.29) is 18.5 Å². The van der Waals surface area contributed by atoms with Crippen molar-refractivity contribution >= 4 is 15.6 Å². The number of rotatable bonds is 3. The van der Waals surface area contributed by atoms with Crippen LogP contribution < -0.4 is 5.32 Å². The Morgan fingerprint density at radius 3 is 2.33 bits per heavy atom. The van der Waals surface area contributed by atoms with Gasteiger partial charge in [0.25, 0.3) is 0 Å². The highest BCUT2D eigenvalue weighted by atomic mass is 32.2. The summed E-state index contributed by atoms with van der Waals surface area (Å²) in [7, 11) is -2.14. The number of nitrogens with zero attached hydrogens (tertiary/aromatic N) is 1. The predicted octanol–water partition coefficient (Wildman–Crippen LogP) is 0.239. The molecule has 0 rings (SSSR count). The van der Waals surface area contributed by atoms with Crippen LogP contribution in [-0.2, 0) is 14.5 Å². The third kappa shape index (κ3) is 7.53. The molecule has 0 saturated carbocycles. The molecule has 72 valence electrons. The Labute approximate surface area is 73.9 Å². The van der Waals surface area contributed by atoms with Gasteiger partial charge in [0.15, 0.2) is 0 Å². The lowest BCUT2D eigenvalue weighted by Crippen LogP contribution is -2.32. The maximum Gasteiger partial charge on any atom is 0.242 e. The van der Waals surface area contributed by atoms with Crippen molar-refractivity contribution in [1.82, 2.24) is 5.32 Å². The topological polar surface area (TPSA) is 58.5 Å². The zero-order chi connectivity index (χ0) is 9.78. The number of carbonyl (C=O) groups excluding carboxylic acids is 1. The second kappa shape index (κ2) is 4.45. The third-order valence-corrected chi connectivity index (χ3v) is 1.72. The maximum absolute atomic E-state index is 11.0. The van der Waals surface area contributed by atoms with Gasteiger partial charge in [0.1, 0.15) is 6.54 Å². The van der Waals surface area contributed by atoms with Crippen molar-refractivity contribution in [2.24, 2.45) is 4.36 Å². The van der Waals surface area contributed by atoms with Crippen molar-refractivity contribution in [2.75, 3.05) is 19.1 Å². The van der Waals surface area contributed by atoms with Gasteiger partial charge in [-0.3, -0.25) is 9.00 Å². The molecule has 0 unspecified atom stereocenters. The van der Waals surface area contributed by atoms with Crippen LogP contribution in [0.4, 0.5) is 0 Å². The molecule has 12 heavy (non-hydrogen) atoms. The quantitative estimate of drug-likeness (QED) is 0.696. The molecule has 4 nitrogen and oxygen atoms in total. The maximum atomic E-state index is 11.0. The molecule has 5 heteroatoms. The second-order valence-corrected chi connectivity index (χ2v) is 5.81. The summed E-state index contributed by atoms with van der Waals surface area (Å²) >= 11 is 0. The Bertz CT molecular complexity index is 257. The molecule has 0 aromatic rings. The van der Waals surface area contributed by atoms with E-state index in [1.54, 1.807) is 0 Å². The zero-order valence-corrected chi connectivity index (χ0v) is 8.77. The molecule has 0 saturated heterocycles. The van der Waals surface area contributed by atoms with Gasteiger partial charge in [-0.05, 0) is 13.8 Å². The van der Waals surface area contributed by atoms with Gasteiger partial charge < -0.3 is 5.32 Å². The van der Waals surface area contributed by atoms with Crippen molar-refractivity contribution in [3.63, 3.8) is 0 Å². The zero-order valence-electron chi connectivity index (χ0n) is 7.96. The normalized spacial score (nSPS) is 11.4. The highest BCUT2D eigenvalue weighted by Crippen LogP contribution is 1.84. The van der Waals surface area contributed by atoms with Crippen LogP contribution in [-0.4, -0.2) is 35.2 Å². The fourth-order valence-corrected chi connectivity index (χ4v) is 1.01. The van der Waals surface area contributed by atoms with Gasteiger partial charge in [0, 0.05) is 28.3 Å². The lowest BCUT2D eigenvalue weighted by molar-refractivity contribution is -0.120. The fraction of sp³-hybridized carbons (Fsp3) is 0.857. The Kier molecular flexibility index (Phi) is 4.23. The molecule has 0 aliphatic carbocycles. The number of amides is 1. The summed E-state index contributed by atoms with van der Waals surface area (Å²) in [5.41, 5.74) is 0. The molecule has 0 heterocycles. The van der Waals surface area contributed by atoms with Gasteiger partial charge in [-0.1, -0.05) is 0 Å². The molecule has 0 aromatic heterocycles. The summed E-state index contributed by atoms with van der Waals surface area (Å²) in [6, 6.07) is 0.109. The van der Waals surface area contributed by atoms with Gasteiger partial charge in [0.2, 0.25) is 5.91 Å². The van der Waals surface area contributed by atoms with Crippen molar-refractivity contribution in [3.05, 3.63) is 0 Å². The van der Waals surface area contributed by atoms with Gasteiger partial charge in [0.05, 0.1) is 0 Å². The highest BCUT2D eigenvalue weighted by molar-refractivity contribution is 7.92. The summed E-state index contributed by atoms with van der Waals surface area (Å²) in [6.45, 7) is 3.73. The average Bonchev–Trinajstić information content (AvgIpc) is 1.80. The van der Waals surface area contributed by atoms with Crippen molar-refractivity contribution in [2.45, 2.75) is 19.9 Å². The van der Waals surface area contributed by atoms with E-state index in [0.29, 0.717) is 0 Å². The SMILES string of the molecule is CC(C)NC(=O)CN=S(C)(C)=O. The van der Waals surface area contributed by atoms with E-state index in [4.69, 9.17) is 0 Å². The first-order valence-electron chi connectivity index (χ1n) is 3.73. The molecule has 0 bridgehead atoms. The van der Waals surface area contributed by atoms with Crippen LogP contribution in [0.3, 0.4) is 0 Å². The fourth-order valence-electron chi connectivity index (χ4n) is 0.582. The van der Waals surface area contributed by atoms with Crippen LogP contribution in [0.1, 0.15) is 13.8 Å². The summed E-state index contributed by atoms with van der Waals surface area (Å²) < 4.78 is 14.8. The number of hydrogen-bond donors (Lipinski definition) is 1. The Balaban J connectivity index is 3.97. The first kappa shape index (κ1) is 11.4. The molecule has 1 N–H and O–H groups in total. The molecular weight excluding hydrogens is 176 g/mol. The van der Waals surface area contributed by atoms with Crippen molar-refractivity contribution in [1.29, 1.82) is 0 Å². The molecule has 0 spiro atoms. The lowest BCUT2D eigenvalue weighted by atomic mass is 10.4. The van der Waals surface area contributed by atoms with E-state index in [2.05, 4.69) is 9.68 Å². The molecule has 0 atom stereocenters. The molecule has 0 aliphatic rings. The summed E-state index contributed by atoms with van der Waals surface area (Å²) in [5, 5.41) is 2.66. The van der Waals surface area contributed by atoms with E-state index >= 15 is 0 Å². The lowest BCUT2D eigenvalue weighted by Gasteiger charge is -2.05. The number of nitrogens with one attached hydrogen (secondary N) is 1. The van der Waals surface area contributed by atoms with E-state index in [9.17, 15) is 9.00 Å². The van der Waals surface area contributed by atoms with Gasteiger partial charge in [-0.25, -0.2) is 4.36 Å². The smallest absolute Gasteiger partial charge is 0.242 e. The van der Waals surface area contributed by atoms with Gasteiger partial charge in [-0.15, -0.1) is 0 Å². The molecule has 1 amide bonds. The van der Waals surface area contributed by atoms with Crippen LogP contribution in [0.5, 0.6) is 0 Å². The summed E-state index contributed by atoms with van der Waals surface area (Å²) in [4.78, 5) is 11.0. The Hall–Kier alpha value is -0.580. The monoisotopic (exact) mass is 192 g/mol. The van der Waals surface area contributed by atoms with Crippen LogP contribution in [0.25, 0.3) is 0 Å². The van der Waals surface area contributed by atoms with E-state index in [0.717, 1.165) is 0 Å². The van der Waals surface area contributed by atoms with E-state index in [1.165, 1.54) is 12.5 Å². The minimum Gasteiger partial charge on any atom is -0.352 e. The molecule has 0 fully saturated rings. The molecular formula is C7H16N2O2S.